The second-order valence-corrected chi connectivity index (χ2v) is 9.52. The third-order valence-corrected chi connectivity index (χ3v) is 7.03. The summed E-state index contributed by atoms with van der Waals surface area (Å²) in [6, 6.07) is 17.8. The highest BCUT2D eigenvalue weighted by molar-refractivity contribution is 5.74. The maximum atomic E-state index is 12.6. The van der Waals surface area contributed by atoms with Crippen LogP contribution in [0.25, 0.3) is 11.3 Å². The molecule has 2 aliphatic heterocycles. The zero-order chi connectivity index (χ0) is 26.8. The molecule has 2 aromatic carbocycles. The zero-order valence-corrected chi connectivity index (χ0v) is 22.0. The van der Waals surface area contributed by atoms with Gasteiger partial charge in [0.05, 0.1) is 33.1 Å². The van der Waals surface area contributed by atoms with E-state index in [9.17, 15) is 4.79 Å². The van der Waals surface area contributed by atoms with Crippen molar-refractivity contribution in [2.75, 3.05) is 50.7 Å². The number of rotatable bonds is 7. The van der Waals surface area contributed by atoms with Gasteiger partial charge in [-0.05, 0) is 47.5 Å². The van der Waals surface area contributed by atoms with E-state index in [1.807, 2.05) is 36.4 Å². The molecule has 39 heavy (non-hydrogen) atoms. The normalized spacial score (nSPS) is 14.2. The molecule has 9 nitrogen and oxygen atoms in total. The van der Waals surface area contributed by atoms with Gasteiger partial charge in [0.15, 0.2) is 5.75 Å². The Morgan fingerprint density at radius 2 is 1.90 bits per heavy atom. The second kappa shape index (κ2) is 10.7. The van der Waals surface area contributed by atoms with Crippen molar-refractivity contribution in [3.63, 3.8) is 0 Å². The van der Waals surface area contributed by atoms with Gasteiger partial charge >= 0.3 is 0 Å². The average Bonchev–Trinajstić information content (AvgIpc) is 2.98. The van der Waals surface area contributed by atoms with Gasteiger partial charge in [0, 0.05) is 60.8 Å². The minimum absolute atomic E-state index is 0.136. The maximum absolute atomic E-state index is 12.6. The van der Waals surface area contributed by atoms with E-state index in [2.05, 4.69) is 32.3 Å². The lowest BCUT2D eigenvalue weighted by atomic mass is 9.96. The summed E-state index contributed by atoms with van der Waals surface area (Å²) in [5, 5.41) is 3.46. The van der Waals surface area contributed by atoms with E-state index >= 15 is 0 Å². The summed E-state index contributed by atoms with van der Waals surface area (Å²) in [7, 11) is 3.17. The third-order valence-electron chi connectivity index (χ3n) is 7.03. The molecule has 1 saturated heterocycles. The van der Waals surface area contributed by atoms with Crippen LogP contribution in [0, 0.1) is 0 Å². The van der Waals surface area contributed by atoms with Crippen LogP contribution >= 0.6 is 0 Å². The fraction of sp³-hybridized carbons (Fsp3) is 0.267. The van der Waals surface area contributed by atoms with Crippen molar-refractivity contribution in [2.24, 2.45) is 0 Å². The number of fused-ring (bicyclic) bond motifs is 2. The van der Waals surface area contributed by atoms with E-state index in [-0.39, 0.29) is 5.56 Å². The molecule has 0 atom stereocenters. The van der Waals surface area contributed by atoms with Gasteiger partial charge in [-0.2, -0.15) is 0 Å². The highest BCUT2D eigenvalue weighted by Crippen LogP contribution is 2.43. The molecule has 0 radical (unpaired) electrons. The van der Waals surface area contributed by atoms with Crippen LogP contribution < -0.4 is 30.0 Å². The number of nitrogens with zero attached hydrogens (tertiary/aromatic N) is 2. The summed E-state index contributed by atoms with van der Waals surface area (Å²) in [6.45, 7) is 3.42. The molecule has 200 valence electrons. The third kappa shape index (κ3) is 5.13. The summed E-state index contributed by atoms with van der Waals surface area (Å²) >= 11 is 0. The smallest absolute Gasteiger partial charge is 0.256 e. The van der Waals surface area contributed by atoms with Crippen molar-refractivity contribution >= 4 is 11.4 Å². The molecule has 6 rings (SSSR count). The molecular weight excluding hydrogens is 496 g/mol. The molecule has 0 amide bonds. The summed E-state index contributed by atoms with van der Waals surface area (Å²) in [4.78, 5) is 22.1. The molecule has 1 fully saturated rings. The van der Waals surface area contributed by atoms with Crippen molar-refractivity contribution in [3.8, 4) is 34.4 Å². The van der Waals surface area contributed by atoms with E-state index < -0.39 is 0 Å². The van der Waals surface area contributed by atoms with Crippen LogP contribution in [-0.4, -0.2) is 50.5 Å². The predicted octanol–water partition coefficient (Wildman–Crippen LogP) is 4.60. The molecule has 2 N–H and O–H groups in total. The van der Waals surface area contributed by atoms with Crippen molar-refractivity contribution < 1.29 is 18.9 Å². The van der Waals surface area contributed by atoms with Crippen molar-refractivity contribution in [1.82, 2.24) is 9.97 Å². The molecule has 0 unspecified atom stereocenters. The number of aromatic nitrogens is 2. The monoisotopic (exact) mass is 526 g/mol. The average molecular weight is 527 g/mol. The molecule has 0 bridgehead atoms. The van der Waals surface area contributed by atoms with E-state index in [0.29, 0.717) is 31.4 Å². The first-order valence-electron chi connectivity index (χ1n) is 12.9. The van der Waals surface area contributed by atoms with Gasteiger partial charge in [-0.15, -0.1) is 0 Å². The molecule has 9 heteroatoms. The minimum Gasteiger partial charge on any atom is -0.491 e. The number of aromatic amines is 1. The Balaban J connectivity index is 1.23. The number of nitrogens with one attached hydrogen (secondary N) is 2. The topological polar surface area (TPSA) is 97.9 Å². The SMILES string of the molecule is COc1cc(CNc2ccc3c(c2)Cc2cccc(-c4cc(N5CCOCC5)cc(=O)[nH]4)c2O3)cnc1OC. The Bertz CT molecular complexity index is 1560. The summed E-state index contributed by atoms with van der Waals surface area (Å²) in [5.41, 5.74) is 6.48. The number of hydrogen-bond donors (Lipinski definition) is 2. The van der Waals surface area contributed by atoms with Crippen molar-refractivity contribution in [2.45, 2.75) is 13.0 Å². The van der Waals surface area contributed by atoms with Gasteiger partial charge in [0.1, 0.15) is 11.5 Å². The second-order valence-electron chi connectivity index (χ2n) is 9.52. The van der Waals surface area contributed by atoms with Gasteiger partial charge in [-0.25, -0.2) is 4.98 Å². The number of H-pyrrole nitrogens is 1. The Morgan fingerprint density at radius 1 is 1.03 bits per heavy atom. The van der Waals surface area contributed by atoms with Crippen molar-refractivity contribution in [3.05, 3.63) is 87.8 Å². The standard InChI is InChI=1S/C30H30N4O5/c1-36-27-12-19(18-32-30(27)37-2)17-31-22-6-7-26-21(14-22)13-20-4-3-5-24(29(20)39-26)25-15-23(16-28(35)33-25)34-8-10-38-11-9-34/h3-7,12,14-16,18,31H,8-11,13,17H2,1-2H3,(H,33,35). The zero-order valence-electron chi connectivity index (χ0n) is 22.0. The number of pyridine rings is 2. The van der Waals surface area contributed by atoms with Gasteiger partial charge in [-0.1, -0.05) is 12.1 Å². The Kier molecular flexibility index (Phi) is 6.81. The fourth-order valence-corrected chi connectivity index (χ4v) is 5.05. The number of hydrogen-bond acceptors (Lipinski definition) is 8. The molecule has 0 spiro atoms. The predicted molar refractivity (Wildman–Crippen MR) is 150 cm³/mol. The first-order valence-corrected chi connectivity index (χ1v) is 12.9. The van der Waals surface area contributed by atoms with Crippen LogP contribution in [0.3, 0.4) is 0 Å². The summed E-state index contributed by atoms with van der Waals surface area (Å²) in [6.07, 6.45) is 2.49. The van der Waals surface area contributed by atoms with E-state index in [1.54, 1.807) is 26.5 Å². The molecule has 2 aromatic heterocycles. The quantitative estimate of drug-likeness (QED) is 0.318. The highest BCUT2D eigenvalue weighted by Gasteiger charge is 2.22. The van der Waals surface area contributed by atoms with Crippen molar-refractivity contribution in [1.29, 1.82) is 0 Å². The first-order chi connectivity index (χ1) is 19.1. The lowest BCUT2D eigenvalue weighted by molar-refractivity contribution is 0.122. The van der Waals surface area contributed by atoms with Crippen LogP contribution in [0.15, 0.2) is 65.6 Å². The Morgan fingerprint density at radius 3 is 2.72 bits per heavy atom. The van der Waals surface area contributed by atoms with Crippen LogP contribution in [0.5, 0.6) is 23.1 Å². The van der Waals surface area contributed by atoms with E-state index in [1.165, 1.54) is 0 Å². The molecular formula is C30H30N4O5. The maximum Gasteiger partial charge on any atom is 0.256 e. The summed E-state index contributed by atoms with van der Waals surface area (Å²) < 4.78 is 22.5. The number of ether oxygens (including phenoxy) is 4. The summed E-state index contributed by atoms with van der Waals surface area (Å²) in [5.74, 6) is 2.64. The van der Waals surface area contributed by atoms with Gasteiger partial charge in [0.25, 0.3) is 5.88 Å². The molecule has 2 aliphatic rings. The van der Waals surface area contributed by atoms with Crippen LogP contribution in [0.2, 0.25) is 0 Å². The van der Waals surface area contributed by atoms with E-state index in [0.717, 1.165) is 70.3 Å². The van der Waals surface area contributed by atoms with E-state index in [4.69, 9.17) is 18.9 Å². The Hall–Kier alpha value is -4.50. The number of morpholine rings is 1. The van der Waals surface area contributed by atoms with Gasteiger partial charge < -0.3 is 34.1 Å². The van der Waals surface area contributed by atoms with Gasteiger partial charge in [0.2, 0.25) is 5.56 Å². The number of methoxy groups -OCH3 is 2. The number of benzene rings is 2. The minimum atomic E-state index is -0.136. The van der Waals surface area contributed by atoms with Crippen LogP contribution in [0.1, 0.15) is 16.7 Å². The molecule has 0 aliphatic carbocycles. The molecule has 4 aromatic rings. The Labute approximate surface area is 226 Å². The molecule has 0 saturated carbocycles. The largest absolute Gasteiger partial charge is 0.491 e. The first kappa shape index (κ1) is 24.8. The van der Waals surface area contributed by atoms with Gasteiger partial charge in [-0.3, -0.25) is 4.79 Å². The number of anilines is 2. The van der Waals surface area contributed by atoms with Crippen LogP contribution in [0.4, 0.5) is 11.4 Å². The highest BCUT2D eigenvalue weighted by atomic mass is 16.5. The number of para-hydroxylation sites is 1. The lowest BCUT2D eigenvalue weighted by Gasteiger charge is -2.29. The lowest BCUT2D eigenvalue weighted by Crippen LogP contribution is -2.36. The van der Waals surface area contributed by atoms with Crippen LogP contribution in [-0.2, 0) is 17.7 Å². The molecule has 4 heterocycles. The fourth-order valence-electron chi connectivity index (χ4n) is 5.05.